The summed E-state index contributed by atoms with van der Waals surface area (Å²) in [6, 6.07) is 11.9. The molecule has 7 heteroatoms. The van der Waals surface area contributed by atoms with Crippen molar-refractivity contribution in [1.29, 1.82) is 0 Å². The first-order chi connectivity index (χ1) is 15.5. The predicted octanol–water partition coefficient (Wildman–Crippen LogP) is 3.80. The Morgan fingerprint density at radius 3 is 2.56 bits per heavy atom. The number of carbonyl (C=O) groups excluding carboxylic acids is 1. The minimum absolute atomic E-state index is 0.0145. The van der Waals surface area contributed by atoms with Gasteiger partial charge in [0.15, 0.2) is 0 Å². The maximum absolute atomic E-state index is 12.8. The normalized spacial score (nSPS) is 14.4. The number of aryl methyl sites for hydroxylation is 2. The summed E-state index contributed by atoms with van der Waals surface area (Å²) in [5, 5.41) is 4.15. The zero-order chi connectivity index (χ0) is 22.7. The van der Waals surface area contributed by atoms with Crippen molar-refractivity contribution < 1.29 is 14.3 Å². The van der Waals surface area contributed by atoms with Crippen LogP contribution in [0.5, 0.6) is 11.5 Å². The first-order valence-corrected chi connectivity index (χ1v) is 11.0. The zero-order valence-corrected chi connectivity index (χ0v) is 19.1. The number of methoxy groups -OCH3 is 2. The molecule has 4 rings (SSSR count). The fourth-order valence-electron chi connectivity index (χ4n) is 4.19. The van der Waals surface area contributed by atoms with Crippen molar-refractivity contribution in [1.82, 2.24) is 15.3 Å². The summed E-state index contributed by atoms with van der Waals surface area (Å²) in [4.78, 5) is 24.5. The number of anilines is 1. The first-order valence-electron chi connectivity index (χ1n) is 11.0. The van der Waals surface area contributed by atoms with Gasteiger partial charge in [0, 0.05) is 42.6 Å². The minimum Gasteiger partial charge on any atom is -0.497 e. The van der Waals surface area contributed by atoms with E-state index in [1.807, 2.05) is 25.1 Å². The number of aromatic nitrogens is 2. The number of ether oxygens (including phenoxy) is 2. The molecule has 0 aliphatic carbocycles. The molecule has 1 amide bonds. The number of hydrogen-bond donors (Lipinski definition) is 1. The van der Waals surface area contributed by atoms with Gasteiger partial charge in [-0.15, -0.1) is 0 Å². The lowest BCUT2D eigenvalue weighted by atomic mass is 9.96. The van der Waals surface area contributed by atoms with Gasteiger partial charge in [-0.3, -0.25) is 4.79 Å². The Balaban J connectivity index is 1.36. The van der Waals surface area contributed by atoms with Crippen molar-refractivity contribution in [3.05, 3.63) is 53.2 Å². The standard InChI is InChI=1S/C25H30N4O3/c1-16-5-8-21-17(2)27-25(28-22(21)13-16)29-11-9-18(10-12-29)24(30)26-15-19-6-7-20(31-3)14-23(19)32-4/h5-8,13-14,18H,9-12,15H2,1-4H3,(H,26,30). The maximum Gasteiger partial charge on any atom is 0.226 e. The van der Waals surface area contributed by atoms with Gasteiger partial charge in [-0.05, 0) is 50.5 Å². The van der Waals surface area contributed by atoms with E-state index in [1.54, 1.807) is 14.2 Å². The molecule has 0 unspecified atom stereocenters. The highest BCUT2D eigenvalue weighted by atomic mass is 16.5. The molecule has 0 atom stereocenters. The third kappa shape index (κ3) is 4.61. The molecule has 0 spiro atoms. The monoisotopic (exact) mass is 434 g/mol. The molecule has 1 aromatic heterocycles. The van der Waals surface area contributed by atoms with Crippen LogP contribution in [0.1, 0.15) is 29.7 Å². The van der Waals surface area contributed by atoms with Crippen LogP contribution in [-0.4, -0.2) is 43.2 Å². The number of rotatable bonds is 6. The Bertz CT molecular complexity index is 1120. The fraction of sp³-hybridized carbons (Fsp3) is 0.400. The number of benzene rings is 2. The van der Waals surface area contributed by atoms with Crippen molar-refractivity contribution in [3.63, 3.8) is 0 Å². The topological polar surface area (TPSA) is 76.6 Å². The lowest BCUT2D eigenvalue weighted by molar-refractivity contribution is -0.125. The van der Waals surface area contributed by atoms with Crippen molar-refractivity contribution in [2.45, 2.75) is 33.2 Å². The molecule has 1 N–H and O–H groups in total. The van der Waals surface area contributed by atoms with Crippen LogP contribution in [0.3, 0.4) is 0 Å². The van der Waals surface area contributed by atoms with Crippen molar-refractivity contribution in [2.75, 3.05) is 32.2 Å². The van der Waals surface area contributed by atoms with Crippen LogP contribution in [0, 0.1) is 19.8 Å². The lowest BCUT2D eigenvalue weighted by Crippen LogP contribution is -2.41. The first kappa shape index (κ1) is 21.9. The highest BCUT2D eigenvalue weighted by molar-refractivity contribution is 5.82. The number of carbonyl (C=O) groups is 1. The molecule has 7 nitrogen and oxygen atoms in total. The second kappa shape index (κ2) is 9.42. The molecular weight excluding hydrogens is 404 g/mol. The molecule has 2 heterocycles. The average molecular weight is 435 g/mol. The molecule has 1 fully saturated rings. The highest BCUT2D eigenvalue weighted by Crippen LogP contribution is 2.26. The molecule has 0 saturated carbocycles. The molecular formula is C25H30N4O3. The van der Waals surface area contributed by atoms with Gasteiger partial charge in [0.05, 0.1) is 25.4 Å². The number of hydrogen-bond acceptors (Lipinski definition) is 6. The van der Waals surface area contributed by atoms with Crippen LogP contribution in [0.4, 0.5) is 5.95 Å². The van der Waals surface area contributed by atoms with E-state index in [1.165, 1.54) is 5.56 Å². The van der Waals surface area contributed by atoms with E-state index in [4.69, 9.17) is 19.4 Å². The van der Waals surface area contributed by atoms with Gasteiger partial charge in [0.25, 0.3) is 0 Å². The van der Waals surface area contributed by atoms with Gasteiger partial charge in [0.2, 0.25) is 11.9 Å². The van der Waals surface area contributed by atoms with Crippen LogP contribution in [0.15, 0.2) is 36.4 Å². The summed E-state index contributed by atoms with van der Waals surface area (Å²) < 4.78 is 10.7. The molecule has 0 radical (unpaired) electrons. The molecule has 1 aliphatic heterocycles. The summed E-state index contributed by atoms with van der Waals surface area (Å²) in [6.45, 7) is 6.05. The van der Waals surface area contributed by atoms with Crippen molar-refractivity contribution >= 4 is 22.8 Å². The number of amides is 1. The summed E-state index contributed by atoms with van der Waals surface area (Å²) in [5.41, 5.74) is 4.07. The van der Waals surface area contributed by atoms with E-state index in [-0.39, 0.29) is 11.8 Å². The van der Waals surface area contributed by atoms with Gasteiger partial charge >= 0.3 is 0 Å². The van der Waals surface area contributed by atoms with E-state index < -0.39 is 0 Å². The number of nitrogens with one attached hydrogen (secondary N) is 1. The second-order valence-corrected chi connectivity index (χ2v) is 8.29. The number of nitrogens with zero attached hydrogens (tertiary/aromatic N) is 3. The predicted molar refractivity (Wildman–Crippen MR) is 125 cm³/mol. The third-order valence-corrected chi connectivity index (χ3v) is 6.13. The van der Waals surface area contributed by atoms with Gasteiger partial charge in [-0.25, -0.2) is 9.97 Å². The SMILES string of the molecule is COc1ccc(CNC(=O)C2CCN(c3nc(C)c4ccc(C)cc4n3)CC2)c(OC)c1. The number of piperidine rings is 1. The van der Waals surface area contributed by atoms with Gasteiger partial charge in [-0.2, -0.15) is 0 Å². The van der Waals surface area contributed by atoms with Crippen LogP contribution in [-0.2, 0) is 11.3 Å². The smallest absolute Gasteiger partial charge is 0.226 e. The van der Waals surface area contributed by atoms with E-state index in [9.17, 15) is 4.79 Å². The highest BCUT2D eigenvalue weighted by Gasteiger charge is 2.26. The Kier molecular flexibility index (Phi) is 6.44. The van der Waals surface area contributed by atoms with E-state index in [0.29, 0.717) is 12.3 Å². The molecule has 2 aromatic carbocycles. The quantitative estimate of drug-likeness (QED) is 0.636. The molecule has 168 valence electrons. The molecule has 1 aliphatic rings. The molecule has 1 saturated heterocycles. The summed E-state index contributed by atoms with van der Waals surface area (Å²) in [5.74, 6) is 2.25. The van der Waals surface area contributed by atoms with Gasteiger partial charge in [0.1, 0.15) is 11.5 Å². The van der Waals surface area contributed by atoms with Crippen LogP contribution in [0.2, 0.25) is 0 Å². The summed E-state index contributed by atoms with van der Waals surface area (Å²) in [7, 11) is 3.24. The van der Waals surface area contributed by atoms with Crippen LogP contribution >= 0.6 is 0 Å². The summed E-state index contributed by atoms with van der Waals surface area (Å²) in [6.07, 6.45) is 1.56. The Morgan fingerprint density at radius 1 is 1.06 bits per heavy atom. The average Bonchev–Trinajstić information content (AvgIpc) is 2.82. The number of fused-ring (bicyclic) bond motifs is 1. The second-order valence-electron chi connectivity index (χ2n) is 8.29. The molecule has 3 aromatic rings. The van der Waals surface area contributed by atoms with Crippen molar-refractivity contribution in [3.8, 4) is 11.5 Å². The molecule has 32 heavy (non-hydrogen) atoms. The third-order valence-electron chi connectivity index (χ3n) is 6.13. The zero-order valence-electron chi connectivity index (χ0n) is 19.1. The van der Waals surface area contributed by atoms with Gasteiger partial charge in [-0.1, -0.05) is 12.1 Å². The summed E-state index contributed by atoms with van der Waals surface area (Å²) >= 11 is 0. The van der Waals surface area contributed by atoms with Crippen LogP contribution in [0.25, 0.3) is 10.9 Å². The van der Waals surface area contributed by atoms with Crippen LogP contribution < -0.4 is 19.7 Å². The van der Waals surface area contributed by atoms with E-state index >= 15 is 0 Å². The Labute approximate surface area is 188 Å². The van der Waals surface area contributed by atoms with Crippen molar-refractivity contribution in [2.24, 2.45) is 5.92 Å². The Morgan fingerprint density at radius 2 is 1.84 bits per heavy atom. The fourth-order valence-corrected chi connectivity index (χ4v) is 4.19. The molecule has 0 bridgehead atoms. The minimum atomic E-state index is -0.0145. The van der Waals surface area contributed by atoms with E-state index in [2.05, 4.69) is 35.3 Å². The largest absolute Gasteiger partial charge is 0.497 e. The van der Waals surface area contributed by atoms with Gasteiger partial charge < -0.3 is 19.7 Å². The van der Waals surface area contributed by atoms with E-state index in [0.717, 1.165) is 59.8 Å². The Hall–Kier alpha value is -3.35. The lowest BCUT2D eigenvalue weighted by Gasteiger charge is -2.31. The maximum atomic E-state index is 12.8.